The minimum absolute atomic E-state index is 0.00806. The normalized spacial score (nSPS) is 16.5. The molecule has 1 amide bonds. The number of primary amides is 1. The molecule has 0 saturated carbocycles. The van der Waals surface area contributed by atoms with Crippen LogP contribution in [0.5, 0.6) is 0 Å². The first-order valence-corrected chi connectivity index (χ1v) is 4.62. The van der Waals surface area contributed by atoms with Gasteiger partial charge in [-0.05, 0) is 13.8 Å². The molecule has 6 nitrogen and oxygen atoms in total. The maximum absolute atomic E-state index is 11.1. The first-order chi connectivity index (χ1) is 6.79. The van der Waals surface area contributed by atoms with E-state index in [1.807, 2.05) is 0 Å². The van der Waals surface area contributed by atoms with Gasteiger partial charge in [-0.1, -0.05) is 0 Å². The van der Waals surface area contributed by atoms with Crippen molar-refractivity contribution in [1.29, 1.82) is 0 Å². The number of hydrogen-bond donors (Lipinski definition) is 3. The van der Waals surface area contributed by atoms with Crippen LogP contribution in [0.3, 0.4) is 0 Å². The molecule has 2 atom stereocenters. The zero-order chi connectivity index (χ0) is 12.1. The first-order valence-electron chi connectivity index (χ1n) is 4.62. The molecule has 0 heterocycles. The summed E-state index contributed by atoms with van der Waals surface area (Å²) in [7, 11) is 1.20. The molecule has 2 unspecified atom stereocenters. The lowest BCUT2D eigenvalue weighted by atomic mass is 10.1. The van der Waals surface area contributed by atoms with Gasteiger partial charge in [-0.2, -0.15) is 0 Å². The Kier molecular flexibility index (Phi) is 5.24. The van der Waals surface area contributed by atoms with E-state index in [1.165, 1.54) is 14.0 Å². The largest absolute Gasteiger partial charge is 0.467 e. The van der Waals surface area contributed by atoms with E-state index in [0.29, 0.717) is 0 Å². The zero-order valence-electron chi connectivity index (χ0n) is 9.24. The van der Waals surface area contributed by atoms with Crippen LogP contribution in [0, 0.1) is 0 Å². The van der Waals surface area contributed by atoms with Crippen LogP contribution in [-0.4, -0.2) is 42.3 Å². The van der Waals surface area contributed by atoms with Gasteiger partial charge < -0.3 is 20.9 Å². The lowest BCUT2D eigenvalue weighted by Gasteiger charge is -2.22. The number of carbonyl (C=O) groups excluding carboxylic acids is 2. The average Bonchev–Trinajstić information content (AvgIpc) is 2.12. The summed E-state index contributed by atoms with van der Waals surface area (Å²) in [5, 5.41) is 12.4. The van der Waals surface area contributed by atoms with Gasteiger partial charge in [0.2, 0.25) is 5.91 Å². The van der Waals surface area contributed by atoms with Crippen LogP contribution < -0.4 is 11.1 Å². The third-order valence-corrected chi connectivity index (χ3v) is 1.93. The second kappa shape index (κ2) is 5.67. The highest BCUT2D eigenvalue weighted by Gasteiger charge is 2.31. The number of esters is 1. The molecule has 0 aromatic carbocycles. The van der Waals surface area contributed by atoms with Crippen LogP contribution >= 0.6 is 0 Å². The fraction of sp³-hybridized carbons (Fsp3) is 0.778. The molecular formula is C9H18N2O4. The minimum Gasteiger partial charge on any atom is -0.467 e. The van der Waals surface area contributed by atoms with Crippen molar-refractivity contribution in [2.75, 3.05) is 13.7 Å². The summed E-state index contributed by atoms with van der Waals surface area (Å²) in [5.74, 6) is -1.16. The number of methoxy groups -OCH3 is 1. The Morgan fingerprint density at radius 1 is 1.60 bits per heavy atom. The third kappa shape index (κ3) is 5.34. The van der Waals surface area contributed by atoms with Gasteiger partial charge in [-0.15, -0.1) is 0 Å². The van der Waals surface area contributed by atoms with Gasteiger partial charge in [0.25, 0.3) is 0 Å². The number of hydrogen-bond acceptors (Lipinski definition) is 5. The number of nitrogens with two attached hydrogens (primary N) is 1. The van der Waals surface area contributed by atoms with E-state index in [4.69, 9.17) is 5.73 Å². The van der Waals surface area contributed by atoms with Gasteiger partial charge in [0.05, 0.1) is 7.11 Å². The maximum atomic E-state index is 11.1. The number of aliphatic hydroxyl groups is 1. The van der Waals surface area contributed by atoms with Gasteiger partial charge in [-0.25, -0.2) is 4.79 Å². The molecular weight excluding hydrogens is 200 g/mol. The fourth-order valence-electron chi connectivity index (χ4n) is 1.04. The van der Waals surface area contributed by atoms with Crippen LogP contribution in [0.15, 0.2) is 0 Å². The molecule has 0 aliphatic heterocycles. The van der Waals surface area contributed by atoms with Crippen molar-refractivity contribution in [3.8, 4) is 0 Å². The van der Waals surface area contributed by atoms with Crippen LogP contribution in [0.4, 0.5) is 0 Å². The lowest BCUT2D eigenvalue weighted by molar-refractivity contribution is -0.160. The monoisotopic (exact) mass is 218 g/mol. The van der Waals surface area contributed by atoms with Crippen molar-refractivity contribution in [2.45, 2.75) is 31.9 Å². The molecule has 0 aliphatic rings. The molecule has 88 valence electrons. The summed E-state index contributed by atoms with van der Waals surface area (Å²) >= 11 is 0. The highest BCUT2D eigenvalue weighted by atomic mass is 16.5. The Morgan fingerprint density at radius 2 is 2.13 bits per heavy atom. The molecule has 0 saturated heterocycles. The Morgan fingerprint density at radius 3 is 2.53 bits per heavy atom. The number of nitrogens with one attached hydrogen (secondary N) is 1. The average molecular weight is 218 g/mol. The van der Waals surface area contributed by atoms with E-state index in [9.17, 15) is 14.7 Å². The van der Waals surface area contributed by atoms with Gasteiger partial charge in [-0.3, -0.25) is 4.79 Å². The van der Waals surface area contributed by atoms with Crippen molar-refractivity contribution in [3.63, 3.8) is 0 Å². The van der Waals surface area contributed by atoms with Crippen LogP contribution in [-0.2, 0) is 14.3 Å². The highest BCUT2D eigenvalue weighted by molar-refractivity contribution is 5.79. The van der Waals surface area contributed by atoms with Crippen molar-refractivity contribution in [3.05, 3.63) is 0 Å². The minimum atomic E-state index is -1.60. The molecule has 0 aliphatic carbocycles. The van der Waals surface area contributed by atoms with E-state index < -0.39 is 17.5 Å². The molecule has 0 fully saturated rings. The van der Waals surface area contributed by atoms with Crippen molar-refractivity contribution < 1.29 is 19.4 Å². The van der Waals surface area contributed by atoms with E-state index in [2.05, 4.69) is 10.1 Å². The number of amides is 1. The van der Waals surface area contributed by atoms with Gasteiger partial charge in [0.1, 0.15) is 0 Å². The Labute approximate surface area is 88.8 Å². The summed E-state index contributed by atoms with van der Waals surface area (Å²) in [6.07, 6.45) is 0.150. The van der Waals surface area contributed by atoms with Crippen molar-refractivity contribution >= 4 is 11.9 Å². The molecule has 0 radical (unpaired) electrons. The predicted molar refractivity (Wildman–Crippen MR) is 53.9 cm³/mol. The second-order valence-electron chi connectivity index (χ2n) is 3.72. The highest BCUT2D eigenvalue weighted by Crippen LogP contribution is 2.04. The lowest BCUT2D eigenvalue weighted by Crippen LogP contribution is -2.48. The molecule has 0 rings (SSSR count). The van der Waals surface area contributed by atoms with Gasteiger partial charge in [0.15, 0.2) is 5.60 Å². The number of carbonyl (C=O) groups is 2. The quantitative estimate of drug-likeness (QED) is 0.484. The fourth-order valence-corrected chi connectivity index (χ4v) is 1.04. The summed E-state index contributed by atoms with van der Waals surface area (Å²) in [6.45, 7) is 3.08. The topological polar surface area (TPSA) is 102 Å². The molecule has 15 heavy (non-hydrogen) atoms. The van der Waals surface area contributed by atoms with Crippen LogP contribution in [0.1, 0.15) is 20.3 Å². The first kappa shape index (κ1) is 13.9. The summed E-state index contributed by atoms with van der Waals surface area (Å²) in [4.78, 5) is 21.6. The predicted octanol–water partition coefficient (Wildman–Crippen LogP) is -1.24. The molecule has 0 aromatic heterocycles. The van der Waals surface area contributed by atoms with E-state index >= 15 is 0 Å². The van der Waals surface area contributed by atoms with Crippen LogP contribution in [0.25, 0.3) is 0 Å². The van der Waals surface area contributed by atoms with Gasteiger partial charge >= 0.3 is 5.97 Å². The summed E-state index contributed by atoms with van der Waals surface area (Å²) in [6, 6.07) is -0.196. The molecule has 0 spiro atoms. The molecule has 0 bridgehead atoms. The van der Waals surface area contributed by atoms with E-state index in [1.54, 1.807) is 6.92 Å². The Balaban J connectivity index is 4.03. The van der Waals surface area contributed by atoms with E-state index in [-0.39, 0.29) is 19.0 Å². The van der Waals surface area contributed by atoms with Crippen LogP contribution in [0.2, 0.25) is 0 Å². The van der Waals surface area contributed by atoms with E-state index in [0.717, 1.165) is 0 Å². The van der Waals surface area contributed by atoms with Crippen molar-refractivity contribution in [1.82, 2.24) is 5.32 Å². The summed E-state index contributed by atoms with van der Waals surface area (Å²) in [5.41, 5.74) is 3.39. The second-order valence-corrected chi connectivity index (χ2v) is 3.72. The van der Waals surface area contributed by atoms with Crippen molar-refractivity contribution in [2.24, 2.45) is 5.73 Å². The Hall–Kier alpha value is -1.14. The van der Waals surface area contributed by atoms with Gasteiger partial charge in [0, 0.05) is 19.0 Å². The molecule has 4 N–H and O–H groups in total. The molecule has 6 heteroatoms. The number of ether oxygens (including phenoxy) is 1. The standard InChI is InChI=1S/C9H18N2O4/c1-6(4-7(10)12)11-5-9(2,14)8(13)15-3/h6,11,14H,4-5H2,1-3H3,(H2,10,12). The molecule has 0 aromatic rings. The zero-order valence-corrected chi connectivity index (χ0v) is 9.24. The SMILES string of the molecule is COC(=O)C(C)(O)CNC(C)CC(N)=O. The third-order valence-electron chi connectivity index (χ3n) is 1.93. The summed E-state index contributed by atoms with van der Waals surface area (Å²) < 4.78 is 4.41. The smallest absolute Gasteiger partial charge is 0.338 e. The Bertz CT molecular complexity index is 240. The number of rotatable bonds is 6. The maximum Gasteiger partial charge on any atom is 0.338 e.